The average Bonchev–Trinajstić information content (AvgIpc) is 2.67. The van der Waals surface area contributed by atoms with Gasteiger partial charge in [0.25, 0.3) is 5.92 Å². The monoisotopic (exact) mass is 267 g/mol. The van der Waals surface area contributed by atoms with Crippen LogP contribution in [0.25, 0.3) is 0 Å². The van der Waals surface area contributed by atoms with Gasteiger partial charge in [0.2, 0.25) is 0 Å². The molecule has 0 aromatic rings. The molecule has 0 atom stereocenters. The number of nitrogens with zero attached hydrogens (tertiary/aromatic N) is 1. The topological polar surface area (TPSA) is 3.24 Å². The van der Waals surface area contributed by atoms with E-state index in [9.17, 15) is 8.78 Å². The zero-order valence-electron chi connectivity index (χ0n) is 8.24. The first-order chi connectivity index (χ1) is 6.60. The molecule has 0 N–H and O–H groups in total. The zero-order chi connectivity index (χ0) is 10.2. The van der Waals surface area contributed by atoms with Gasteiger partial charge in [0.15, 0.2) is 0 Å². The summed E-state index contributed by atoms with van der Waals surface area (Å²) >= 11 is 3.38. The number of halogens is 3. The lowest BCUT2D eigenvalue weighted by Gasteiger charge is -2.31. The Labute approximate surface area is 92.0 Å². The van der Waals surface area contributed by atoms with Crippen LogP contribution in [0.1, 0.15) is 25.7 Å². The standard InChI is InChI=1S/C10H16BrF2N/c11-4-1-5-14-6-2-9(3-7-14)8-10(9,12)13/h1-8H2. The summed E-state index contributed by atoms with van der Waals surface area (Å²) in [4.78, 5) is 2.31. The molecule has 1 saturated carbocycles. The van der Waals surface area contributed by atoms with Crippen molar-refractivity contribution in [2.75, 3.05) is 25.0 Å². The highest BCUT2D eigenvalue weighted by molar-refractivity contribution is 9.09. The van der Waals surface area contributed by atoms with Gasteiger partial charge in [-0.3, -0.25) is 0 Å². The van der Waals surface area contributed by atoms with Gasteiger partial charge in [-0.25, -0.2) is 8.78 Å². The van der Waals surface area contributed by atoms with Crippen molar-refractivity contribution in [1.29, 1.82) is 0 Å². The fourth-order valence-corrected chi connectivity index (χ4v) is 2.66. The predicted molar refractivity (Wildman–Crippen MR) is 56.1 cm³/mol. The van der Waals surface area contributed by atoms with Crippen molar-refractivity contribution in [2.24, 2.45) is 5.41 Å². The van der Waals surface area contributed by atoms with Gasteiger partial charge in [-0.05, 0) is 38.9 Å². The van der Waals surface area contributed by atoms with Gasteiger partial charge in [-0.1, -0.05) is 15.9 Å². The summed E-state index contributed by atoms with van der Waals surface area (Å²) in [6.45, 7) is 2.78. The van der Waals surface area contributed by atoms with Crippen molar-refractivity contribution in [3.63, 3.8) is 0 Å². The van der Waals surface area contributed by atoms with Gasteiger partial charge < -0.3 is 4.90 Å². The van der Waals surface area contributed by atoms with Crippen molar-refractivity contribution in [2.45, 2.75) is 31.6 Å². The predicted octanol–water partition coefficient (Wildman–Crippen LogP) is 2.89. The van der Waals surface area contributed by atoms with E-state index in [1.165, 1.54) is 0 Å². The highest BCUT2D eigenvalue weighted by Crippen LogP contribution is 2.65. The highest BCUT2D eigenvalue weighted by Gasteiger charge is 2.70. The Hall–Kier alpha value is 0.300. The van der Waals surface area contributed by atoms with Crippen LogP contribution in [-0.2, 0) is 0 Å². The maximum atomic E-state index is 13.0. The van der Waals surface area contributed by atoms with E-state index in [0.29, 0.717) is 12.8 Å². The Morgan fingerprint density at radius 2 is 1.79 bits per heavy atom. The summed E-state index contributed by atoms with van der Waals surface area (Å²) in [5.41, 5.74) is -0.585. The van der Waals surface area contributed by atoms with Crippen molar-refractivity contribution < 1.29 is 8.78 Å². The molecule has 0 amide bonds. The van der Waals surface area contributed by atoms with E-state index in [4.69, 9.17) is 0 Å². The van der Waals surface area contributed by atoms with Crippen molar-refractivity contribution in [3.8, 4) is 0 Å². The second-order valence-corrected chi connectivity index (χ2v) is 5.34. The molecule has 0 radical (unpaired) electrons. The quantitative estimate of drug-likeness (QED) is 0.711. The summed E-state index contributed by atoms with van der Waals surface area (Å²) in [7, 11) is 0. The number of likely N-dealkylation sites (tertiary alicyclic amines) is 1. The highest BCUT2D eigenvalue weighted by atomic mass is 79.9. The van der Waals surface area contributed by atoms with E-state index in [1.54, 1.807) is 0 Å². The van der Waals surface area contributed by atoms with Crippen molar-refractivity contribution >= 4 is 15.9 Å². The van der Waals surface area contributed by atoms with Crippen molar-refractivity contribution in [1.82, 2.24) is 4.90 Å². The number of hydrogen-bond donors (Lipinski definition) is 0. The third kappa shape index (κ3) is 1.83. The minimum absolute atomic E-state index is 0.145. The van der Waals surface area contributed by atoms with Crippen LogP contribution in [0.4, 0.5) is 8.78 Å². The molecule has 1 spiro atoms. The van der Waals surface area contributed by atoms with Crippen LogP contribution >= 0.6 is 15.9 Å². The smallest absolute Gasteiger partial charge is 0.254 e. The molecular formula is C10H16BrF2N. The number of piperidine rings is 1. The van der Waals surface area contributed by atoms with E-state index < -0.39 is 11.3 Å². The minimum Gasteiger partial charge on any atom is -0.303 e. The molecule has 2 aliphatic rings. The molecule has 1 aliphatic carbocycles. The molecule has 0 bridgehead atoms. The Balaban J connectivity index is 1.77. The summed E-state index contributed by atoms with van der Waals surface area (Å²) < 4.78 is 26.1. The van der Waals surface area contributed by atoms with Crippen LogP contribution in [0, 0.1) is 5.41 Å². The van der Waals surface area contributed by atoms with E-state index in [2.05, 4.69) is 20.8 Å². The van der Waals surface area contributed by atoms with Crippen LogP contribution in [0.5, 0.6) is 0 Å². The Morgan fingerprint density at radius 1 is 1.21 bits per heavy atom. The zero-order valence-corrected chi connectivity index (χ0v) is 9.82. The Morgan fingerprint density at radius 3 is 2.21 bits per heavy atom. The molecule has 1 heterocycles. The third-order valence-corrected chi connectivity index (χ3v) is 4.19. The lowest BCUT2D eigenvalue weighted by molar-refractivity contribution is 0.0315. The summed E-state index contributed by atoms with van der Waals surface area (Å²) in [6, 6.07) is 0. The van der Waals surface area contributed by atoms with Gasteiger partial charge >= 0.3 is 0 Å². The molecule has 0 unspecified atom stereocenters. The van der Waals surface area contributed by atoms with E-state index >= 15 is 0 Å². The Kier molecular flexibility index (Phi) is 2.86. The van der Waals surface area contributed by atoms with Crippen LogP contribution in [0.3, 0.4) is 0 Å². The maximum absolute atomic E-state index is 13.0. The molecule has 2 rings (SSSR count). The minimum atomic E-state index is -2.34. The van der Waals surface area contributed by atoms with Gasteiger partial charge in [-0.15, -0.1) is 0 Å². The second kappa shape index (κ2) is 3.71. The fraction of sp³-hybridized carbons (Fsp3) is 1.00. The largest absolute Gasteiger partial charge is 0.303 e. The summed E-state index contributed by atoms with van der Waals surface area (Å²) in [6.07, 6.45) is 2.65. The number of alkyl halides is 3. The van der Waals surface area contributed by atoms with Crippen LogP contribution in [-0.4, -0.2) is 35.8 Å². The van der Waals surface area contributed by atoms with E-state index in [0.717, 1.165) is 31.4 Å². The van der Waals surface area contributed by atoms with E-state index in [1.807, 2.05) is 0 Å². The summed E-state index contributed by atoms with van der Waals surface area (Å²) in [5.74, 6) is -2.34. The lowest BCUT2D eigenvalue weighted by atomic mass is 9.93. The van der Waals surface area contributed by atoms with Gasteiger partial charge in [-0.2, -0.15) is 0 Å². The third-order valence-electron chi connectivity index (χ3n) is 3.63. The SMILES string of the molecule is FC1(F)CC12CCN(CCCBr)CC2. The lowest BCUT2D eigenvalue weighted by Crippen LogP contribution is -2.37. The molecule has 14 heavy (non-hydrogen) atoms. The Bertz CT molecular complexity index is 212. The van der Waals surface area contributed by atoms with E-state index in [-0.39, 0.29) is 6.42 Å². The molecule has 1 saturated heterocycles. The maximum Gasteiger partial charge on any atom is 0.254 e. The van der Waals surface area contributed by atoms with Gasteiger partial charge in [0.1, 0.15) is 0 Å². The number of hydrogen-bond acceptors (Lipinski definition) is 1. The molecule has 1 nitrogen and oxygen atoms in total. The van der Waals surface area contributed by atoms with Crippen LogP contribution < -0.4 is 0 Å². The number of rotatable bonds is 3. The molecular weight excluding hydrogens is 252 g/mol. The molecule has 82 valence electrons. The molecule has 0 aromatic carbocycles. The first-order valence-electron chi connectivity index (χ1n) is 5.26. The van der Waals surface area contributed by atoms with Gasteiger partial charge in [0, 0.05) is 17.2 Å². The molecule has 4 heteroatoms. The summed E-state index contributed by atoms with van der Waals surface area (Å²) in [5, 5.41) is 1.00. The second-order valence-electron chi connectivity index (χ2n) is 4.55. The first kappa shape index (κ1) is 10.8. The molecule has 2 fully saturated rings. The fourth-order valence-electron chi connectivity index (χ4n) is 2.41. The van der Waals surface area contributed by atoms with Crippen LogP contribution in [0.2, 0.25) is 0 Å². The van der Waals surface area contributed by atoms with Gasteiger partial charge in [0.05, 0.1) is 0 Å². The average molecular weight is 268 g/mol. The molecule has 1 aliphatic heterocycles. The van der Waals surface area contributed by atoms with Crippen LogP contribution in [0.15, 0.2) is 0 Å². The normalized spacial score (nSPS) is 29.4. The van der Waals surface area contributed by atoms with Crippen molar-refractivity contribution in [3.05, 3.63) is 0 Å². The molecule has 0 aromatic heterocycles. The first-order valence-corrected chi connectivity index (χ1v) is 6.38.